The number of rotatable bonds is 3. The van der Waals surface area contributed by atoms with E-state index in [0.717, 1.165) is 32.5 Å². The number of hydrogen-bond acceptors (Lipinski definition) is 5. The normalized spacial score (nSPS) is 11.2. The van der Waals surface area contributed by atoms with Gasteiger partial charge in [-0.05, 0) is 6.07 Å². The lowest BCUT2D eigenvalue weighted by Crippen LogP contribution is -1.91. The van der Waals surface area contributed by atoms with Crippen LogP contribution in [0, 0.1) is 0 Å². The first-order valence-electron chi connectivity index (χ1n) is 7.77. The number of aromatic amines is 1. The van der Waals surface area contributed by atoms with Crippen molar-refractivity contribution in [3.05, 3.63) is 66.7 Å². The summed E-state index contributed by atoms with van der Waals surface area (Å²) < 4.78 is 1.76. The summed E-state index contributed by atoms with van der Waals surface area (Å²) in [5.74, 6) is 0.656. The molecule has 3 aromatic heterocycles. The molecule has 0 fully saturated rings. The van der Waals surface area contributed by atoms with Gasteiger partial charge in [0, 0.05) is 11.1 Å². The first kappa shape index (κ1) is 14.1. The zero-order chi connectivity index (χ0) is 16.6. The third-order valence-electron chi connectivity index (χ3n) is 3.90. The van der Waals surface area contributed by atoms with Gasteiger partial charge in [0.05, 0.1) is 5.69 Å². The Morgan fingerprint density at radius 3 is 2.32 bits per heavy atom. The summed E-state index contributed by atoms with van der Waals surface area (Å²) in [5, 5.41) is 21.5. The molecule has 5 aromatic rings. The smallest absolute Gasteiger partial charge is 0.235 e. The standard InChI is InChI=1S/C18H12N6S/c1-3-7-12(8-4-1)14-11-15(20-19-14)16-21-22-18-24(16)23-17(25-18)13-9-5-2-6-10-13/h1-11H,(H,19,20). The molecule has 7 heteroatoms. The Morgan fingerprint density at radius 1 is 0.840 bits per heavy atom. The summed E-state index contributed by atoms with van der Waals surface area (Å²) in [6, 6.07) is 22.0. The minimum atomic E-state index is 0.656. The van der Waals surface area contributed by atoms with Crippen LogP contribution < -0.4 is 0 Å². The molecule has 0 atom stereocenters. The van der Waals surface area contributed by atoms with Gasteiger partial charge in [-0.1, -0.05) is 72.0 Å². The fourth-order valence-corrected chi connectivity index (χ4v) is 3.52. The van der Waals surface area contributed by atoms with Crippen molar-refractivity contribution in [3.8, 4) is 33.3 Å². The van der Waals surface area contributed by atoms with Gasteiger partial charge in [0.25, 0.3) is 0 Å². The van der Waals surface area contributed by atoms with Crippen LogP contribution in [-0.2, 0) is 0 Å². The molecule has 120 valence electrons. The zero-order valence-electron chi connectivity index (χ0n) is 13.0. The van der Waals surface area contributed by atoms with Crippen molar-refractivity contribution in [1.29, 1.82) is 0 Å². The van der Waals surface area contributed by atoms with Gasteiger partial charge in [-0.2, -0.15) is 14.7 Å². The molecule has 0 spiro atoms. The van der Waals surface area contributed by atoms with Gasteiger partial charge in [0.1, 0.15) is 10.7 Å². The van der Waals surface area contributed by atoms with Crippen LogP contribution in [0.1, 0.15) is 0 Å². The highest BCUT2D eigenvalue weighted by atomic mass is 32.1. The number of fused-ring (bicyclic) bond motifs is 1. The topological polar surface area (TPSA) is 71.8 Å². The van der Waals surface area contributed by atoms with E-state index in [1.54, 1.807) is 4.52 Å². The molecule has 6 nitrogen and oxygen atoms in total. The molecule has 3 heterocycles. The SMILES string of the molecule is c1ccc(-c2cc(-c3nnc4sc(-c5ccccc5)nn34)[nH]n2)cc1. The number of hydrogen-bond donors (Lipinski definition) is 1. The Hall–Kier alpha value is -3.32. The van der Waals surface area contributed by atoms with Crippen LogP contribution in [0.25, 0.3) is 38.3 Å². The summed E-state index contributed by atoms with van der Waals surface area (Å²) >= 11 is 1.51. The number of aromatic nitrogens is 6. The summed E-state index contributed by atoms with van der Waals surface area (Å²) in [7, 11) is 0. The van der Waals surface area contributed by atoms with Gasteiger partial charge in [0.15, 0.2) is 0 Å². The van der Waals surface area contributed by atoms with Crippen LogP contribution >= 0.6 is 11.3 Å². The van der Waals surface area contributed by atoms with Crippen LogP contribution in [0.3, 0.4) is 0 Å². The molecule has 2 aromatic carbocycles. The molecule has 0 aliphatic rings. The van der Waals surface area contributed by atoms with Crippen molar-refractivity contribution >= 4 is 16.3 Å². The Labute approximate surface area is 146 Å². The van der Waals surface area contributed by atoms with Gasteiger partial charge in [-0.3, -0.25) is 5.10 Å². The summed E-state index contributed by atoms with van der Waals surface area (Å²) in [4.78, 5) is 0.754. The molecule has 0 bridgehead atoms. The second kappa shape index (κ2) is 5.64. The average molecular weight is 344 g/mol. The average Bonchev–Trinajstić information content (AvgIpc) is 3.38. The monoisotopic (exact) mass is 344 g/mol. The fourth-order valence-electron chi connectivity index (χ4n) is 2.68. The summed E-state index contributed by atoms with van der Waals surface area (Å²) in [6.07, 6.45) is 0. The van der Waals surface area contributed by atoms with Gasteiger partial charge in [0.2, 0.25) is 10.8 Å². The zero-order valence-corrected chi connectivity index (χ0v) is 13.8. The van der Waals surface area contributed by atoms with E-state index in [0.29, 0.717) is 5.82 Å². The lowest BCUT2D eigenvalue weighted by Gasteiger charge is -1.94. The molecule has 0 unspecified atom stereocenters. The van der Waals surface area contributed by atoms with Crippen molar-refractivity contribution in [3.63, 3.8) is 0 Å². The maximum Gasteiger partial charge on any atom is 0.235 e. The van der Waals surface area contributed by atoms with Crippen LogP contribution in [0.4, 0.5) is 0 Å². The first-order valence-corrected chi connectivity index (χ1v) is 8.59. The van der Waals surface area contributed by atoms with E-state index in [4.69, 9.17) is 0 Å². The highest BCUT2D eigenvalue weighted by Crippen LogP contribution is 2.28. The minimum Gasteiger partial charge on any atom is -0.274 e. The number of nitrogens with one attached hydrogen (secondary N) is 1. The van der Waals surface area contributed by atoms with E-state index in [1.807, 2.05) is 66.7 Å². The van der Waals surface area contributed by atoms with Crippen molar-refractivity contribution in [1.82, 2.24) is 30.0 Å². The Bertz CT molecular complexity index is 1140. The molecule has 0 saturated heterocycles. The molecule has 25 heavy (non-hydrogen) atoms. The van der Waals surface area contributed by atoms with Crippen LogP contribution in [-0.4, -0.2) is 30.0 Å². The van der Waals surface area contributed by atoms with Crippen molar-refractivity contribution in [2.45, 2.75) is 0 Å². The minimum absolute atomic E-state index is 0.656. The predicted octanol–water partition coefficient (Wildman–Crippen LogP) is 3.91. The maximum absolute atomic E-state index is 4.66. The van der Waals surface area contributed by atoms with E-state index in [9.17, 15) is 0 Å². The van der Waals surface area contributed by atoms with Gasteiger partial charge in [-0.25, -0.2) is 0 Å². The molecule has 0 saturated carbocycles. The molecule has 0 aliphatic heterocycles. The van der Waals surface area contributed by atoms with Gasteiger partial charge >= 0.3 is 0 Å². The van der Waals surface area contributed by atoms with Crippen LogP contribution in [0.5, 0.6) is 0 Å². The highest BCUT2D eigenvalue weighted by molar-refractivity contribution is 7.19. The lowest BCUT2D eigenvalue weighted by atomic mass is 10.1. The lowest BCUT2D eigenvalue weighted by molar-refractivity contribution is 0.955. The fraction of sp³-hybridized carbons (Fsp3) is 0. The number of H-pyrrole nitrogens is 1. The van der Waals surface area contributed by atoms with E-state index >= 15 is 0 Å². The number of nitrogens with zero attached hydrogens (tertiary/aromatic N) is 5. The van der Waals surface area contributed by atoms with E-state index < -0.39 is 0 Å². The van der Waals surface area contributed by atoms with Crippen LogP contribution in [0.2, 0.25) is 0 Å². The highest BCUT2D eigenvalue weighted by Gasteiger charge is 2.16. The van der Waals surface area contributed by atoms with Gasteiger partial charge in [-0.15, -0.1) is 10.2 Å². The second-order valence-electron chi connectivity index (χ2n) is 5.52. The summed E-state index contributed by atoms with van der Waals surface area (Å²) in [6.45, 7) is 0. The largest absolute Gasteiger partial charge is 0.274 e. The quantitative estimate of drug-likeness (QED) is 0.539. The molecular weight excluding hydrogens is 332 g/mol. The van der Waals surface area contributed by atoms with E-state index in [1.165, 1.54) is 11.3 Å². The third-order valence-corrected chi connectivity index (χ3v) is 4.85. The van der Waals surface area contributed by atoms with E-state index in [2.05, 4.69) is 25.5 Å². The Kier molecular flexibility index (Phi) is 3.17. The molecular formula is C18H12N6S. The molecule has 0 amide bonds. The third kappa shape index (κ3) is 2.41. The maximum atomic E-state index is 4.66. The molecule has 0 radical (unpaired) electrons. The molecule has 0 aliphatic carbocycles. The van der Waals surface area contributed by atoms with E-state index in [-0.39, 0.29) is 0 Å². The molecule has 5 rings (SSSR count). The Balaban J connectivity index is 1.58. The van der Waals surface area contributed by atoms with Crippen molar-refractivity contribution in [2.75, 3.05) is 0 Å². The van der Waals surface area contributed by atoms with Crippen molar-refractivity contribution < 1.29 is 0 Å². The second-order valence-corrected chi connectivity index (χ2v) is 6.48. The summed E-state index contributed by atoms with van der Waals surface area (Å²) in [5.41, 5.74) is 3.77. The number of benzene rings is 2. The Morgan fingerprint density at radius 2 is 1.56 bits per heavy atom. The first-order chi connectivity index (χ1) is 12.4. The van der Waals surface area contributed by atoms with Crippen LogP contribution in [0.15, 0.2) is 66.7 Å². The van der Waals surface area contributed by atoms with Crippen molar-refractivity contribution in [2.24, 2.45) is 0 Å². The molecule has 1 N–H and O–H groups in total. The van der Waals surface area contributed by atoms with Gasteiger partial charge < -0.3 is 0 Å². The predicted molar refractivity (Wildman–Crippen MR) is 97.1 cm³/mol.